The van der Waals surface area contributed by atoms with E-state index in [0.717, 1.165) is 41.8 Å². The SMILES string of the molecule is Cc1c(C(=O)N2CCCc3ccccc32)oc2c1C(O)CC(C)(C)C2. The summed E-state index contributed by atoms with van der Waals surface area (Å²) in [5.74, 6) is 1.07. The molecule has 1 atom stereocenters. The first-order valence-electron chi connectivity index (χ1n) is 9.07. The number of amides is 1. The van der Waals surface area contributed by atoms with Crippen LogP contribution in [0.5, 0.6) is 0 Å². The van der Waals surface area contributed by atoms with E-state index in [4.69, 9.17) is 4.42 Å². The van der Waals surface area contributed by atoms with Crippen LogP contribution in [0.15, 0.2) is 28.7 Å². The van der Waals surface area contributed by atoms with Crippen molar-refractivity contribution in [2.45, 2.75) is 52.6 Å². The molecular formula is C21H25NO3. The summed E-state index contributed by atoms with van der Waals surface area (Å²) in [7, 11) is 0. The number of furan rings is 1. The second-order valence-corrected chi connectivity index (χ2v) is 8.14. The first-order valence-corrected chi connectivity index (χ1v) is 9.07. The fraction of sp³-hybridized carbons (Fsp3) is 0.476. The quantitative estimate of drug-likeness (QED) is 0.848. The summed E-state index contributed by atoms with van der Waals surface area (Å²) >= 11 is 0. The second kappa shape index (κ2) is 5.73. The molecule has 1 N–H and O–H groups in total. The minimum Gasteiger partial charge on any atom is -0.455 e. The number of carbonyl (C=O) groups excluding carboxylic acids is 1. The van der Waals surface area contributed by atoms with Crippen LogP contribution in [0, 0.1) is 12.3 Å². The molecule has 0 spiro atoms. The van der Waals surface area contributed by atoms with Gasteiger partial charge in [0.2, 0.25) is 0 Å². The molecule has 2 heterocycles. The Kier molecular flexibility index (Phi) is 3.76. The van der Waals surface area contributed by atoms with Crippen molar-refractivity contribution in [2.24, 2.45) is 5.41 Å². The third-order valence-electron chi connectivity index (χ3n) is 5.54. The molecular weight excluding hydrogens is 314 g/mol. The average Bonchev–Trinajstić information content (AvgIpc) is 2.89. The molecule has 1 aromatic heterocycles. The number of hydrogen-bond donors (Lipinski definition) is 1. The third-order valence-corrected chi connectivity index (χ3v) is 5.54. The van der Waals surface area contributed by atoms with Crippen molar-refractivity contribution in [1.82, 2.24) is 0 Å². The number of carbonyl (C=O) groups is 1. The lowest BCUT2D eigenvalue weighted by Crippen LogP contribution is -2.35. The Balaban J connectivity index is 1.74. The number of fused-ring (bicyclic) bond motifs is 2. The summed E-state index contributed by atoms with van der Waals surface area (Å²) in [5, 5.41) is 10.6. The summed E-state index contributed by atoms with van der Waals surface area (Å²) in [4.78, 5) is 15.0. The molecule has 0 saturated heterocycles. The van der Waals surface area contributed by atoms with Crippen molar-refractivity contribution in [3.8, 4) is 0 Å². The number of aliphatic hydroxyl groups excluding tert-OH is 1. The van der Waals surface area contributed by atoms with Gasteiger partial charge in [-0.3, -0.25) is 4.79 Å². The summed E-state index contributed by atoms with van der Waals surface area (Å²) in [6.07, 6.45) is 2.85. The molecule has 1 amide bonds. The van der Waals surface area contributed by atoms with Crippen molar-refractivity contribution in [3.05, 3.63) is 52.5 Å². The van der Waals surface area contributed by atoms with Crippen molar-refractivity contribution in [3.63, 3.8) is 0 Å². The van der Waals surface area contributed by atoms with Crippen LogP contribution in [-0.4, -0.2) is 17.6 Å². The Morgan fingerprint density at radius 1 is 1.32 bits per heavy atom. The number of nitrogens with zero attached hydrogens (tertiary/aromatic N) is 1. The van der Waals surface area contributed by atoms with Gasteiger partial charge in [0, 0.05) is 29.8 Å². The number of anilines is 1. The van der Waals surface area contributed by atoms with Crippen LogP contribution in [-0.2, 0) is 12.8 Å². The minimum atomic E-state index is -0.558. The zero-order valence-corrected chi connectivity index (χ0v) is 15.1. The summed E-state index contributed by atoms with van der Waals surface area (Å²) < 4.78 is 6.02. The normalized spacial score (nSPS) is 21.6. The number of aliphatic hydroxyl groups is 1. The summed E-state index contributed by atoms with van der Waals surface area (Å²) in [6.45, 7) is 6.85. The molecule has 132 valence electrons. The number of rotatable bonds is 1. The predicted octanol–water partition coefficient (Wildman–Crippen LogP) is 4.19. The van der Waals surface area contributed by atoms with Gasteiger partial charge in [-0.25, -0.2) is 0 Å². The highest BCUT2D eigenvalue weighted by Gasteiger charge is 2.38. The Hall–Kier alpha value is -2.07. The van der Waals surface area contributed by atoms with Crippen molar-refractivity contribution < 1.29 is 14.3 Å². The maximum Gasteiger partial charge on any atom is 0.294 e. The molecule has 4 heteroatoms. The van der Waals surface area contributed by atoms with Crippen LogP contribution < -0.4 is 4.90 Å². The smallest absolute Gasteiger partial charge is 0.294 e. The molecule has 1 aliphatic heterocycles. The van der Waals surface area contributed by atoms with Crippen molar-refractivity contribution in [2.75, 3.05) is 11.4 Å². The van der Waals surface area contributed by atoms with E-state index < -0.39 is 6.10 Å². The number of para-hydroxylation sites is 1. The first kappa shape index (κ1) is 16.4. The van der Waals surface area contributed by atoms with Crippen LogP contribution in [0.2, 0.25) is 0 Å². The Labute approximate surface area is 148 Å². The Morgan fingerprint density at radius 2 is 2.08 bits per heavy atom. The van der Waals surface area contributed by atoms with Gasteiger partial charge in [0.05, 0.1) is 6.10 Å². The van der Waals surface area contributed by atoms with Gasteiger partial charge in [0.25, 0.3) is 5.91 Å². The molecule has 0 radical (unpaired) electrons. The largest absolute Gasteiger partial charge is 0.455 e. The molecule has 2 aromatic rings. The molecule has 1 aromatic carbocycles. The lowest BCUT2D eigenvalue weighted by Gasteiger charge is -2.31. The van der Waals surface area contributed by atoms with Gasteiger partial charge in [-0.1, -0.05) is 32.0 Å². The van der Waals surface area contributed by atoms with E-state index in [2.05, 4.69) is 19.9 Å². The fourth-order valence-corrected chi connectivity index (χ4v) is 4.36. The van der Waals surface area contributed by atoms with Gasteiger partial charge in [-0.15, -0.1) is 0 Å². The molecule has 25 heavy (non-hydrogen) atoms. The van der Waals surface area contributed by atoms with Gasteiger partial charge in [-0.05, 0) is 43.2 Å². The van der Waals surface area contributed by atoms with Gasteiger partial charge in [0.15, 0.2) is 5.76 Å². The maximum atomic E-state index is 13.2. The Morgan fingerprint density at radius 3 is 2.88 bits per heavy atom. The zero-order chi connectivity index (χ0) is 17.8. The topological polar surface area (TPSA) is 53.7 Å². The van der Waals surface area contributed by atoms with E-state index in [1.54, 1.807) is 0 Å². The van der Waals surface area contributed by atoms with E-state index in [0.29, 0.717) is 18.7 Å². The molecule has 2 aliphatic rings. The Bertz CT molecular complexity index is 834. The zero-order valence-electron chi connectivity index (χ0n) is 15.1. The molecule has 1 aliphatic carbocycles. The van der Waals surface area contributed by atoms with Crippen LogP contribution in [0.1, 0.15) is 65.8 Å². The van der Waals surface area contributed by atoms with Gasteiger partial charge < -0.3 is 14.4 Å². The van der Waals surface area contributed by atoms with Crippen LogP contribution >= 0.6 is 0 Å². The van der Waals surface area contributed by atoms with Crippen LogP contribution in [0.25, 0.3) is 0 Å². The van der Waals surface area contributed by atoms with Crippen molar-refractivity contribution in [1.29, 1.82) is 0 Å². The predicted molar refractivity (Wildman–Crippen MR) is 96.9 cm³/mol. The highest BCUT2D eigenvalue weighted by atomic mass is 16.4. The average molecular weight is 339 g/mol. The van der Waals surface area contributed by atoms with E-state index in [1.165, 1.54) is 5.56 Å². The number of aryl methyl sites for hydroxylation is 1. The van der Waals surface area contributed by atoms with Crippen molar-refractivity contribution >= 4 is 11.6 Å². The molecule has 0 fully saturated rings. The molecule has 0 bridgehead atoms. The van der Waals surface area contributed by atoms with Gasteiger partial charge in [-0.2, -0.15) is 0 Å². The monoisotopic (exact) mass is 339 g/mol. The van der Waals surface area contributed by atoms with E-state index in [9.17, 15) is 9.90 Å². The highest BCUT2D eigenvalue weighted by molar-refractivity contribution is 6.06. The number of hydrogen-bond acceptors (Lipinski definition) is 3. The van der Waals surface area contributed by atoms with Crippen LogP contribution in [0.3, 0.4) is 0 Å². The second-order valence-electron chi connectivity index (χ2n) is 8.14. The fourth-order valence-electron chi connectivity index (χ4n) is 4.36. The van der Waals surface area contributed by atoms with E-state index in [-0.39, 0.29) is 11.3 Å². The first-order chi connectivity index (χ1) is 11.9. The third kappa shape index (κ3) is 2.69. The number of benzene rings is 1. The van der Waals surface area contributed by atoms with Gasteiger partial charge in [0.1, 0.15) is 5.76 Å². The van der Waals surface area contributed by atoms with Crippen LogP contribution in [0.4, 0.5) is 5.69 Å². The highest BCUT2D eigenvalue weighted by Crippen LogP contribution is 2.44. The standard InChI is InChI=1S/C21H25NO3/c1-13-18-16(23)11-21(2,3)12-17(18)25-19(13)20(24)22-10-6-8-14-7-4-5-9-15(14)22/h4-5,7,9,16,23H,6,8,10-12H2,1-3H3. The molecule has 4 nitrogen and oxygen atoms in total. The lowest BCUT2D eigenvalue weighted by atomic mass is 9.75. The molecule has 1 unspecified atom stereocenters. The molecule has 4 rings (SSSR count). The lowest BCUT2D eigenvalue weighted by molar-refractivity contribution is 0.0900. The van der Waals surface area contributed by atoms with E-state index in [1.807, 2.05) is 30.0 Å². The molecule has 0 saturated carbocycles. The minimum absolute atomic E-state index is 0.0191. The van der Waals surface area contributed by atoms with E-state index >= 15 is 0 Å². The summed E-state index contributed by atoms with van der Waals surface area (Å²) in [6, 6.07) is 8.07. The maximum absolute atomic E-state index is 13.2. The summed E-state index contributed by atoms with van der Waals surface area (Å²) in [5.41, 5.74) is 3.79. The van der Waals surface area contributed by atoms with Gasteiger partial charge >= 0.3 is 0 Å².